The van der Waals surface area contributed by atoms with Crippen LogP contribution >= 0.6 is 0 Å². The van der Waals surface area contributed by atoms with Crippen molar-refractivity contribution in [3.8, 4) is 5.75 Å². The van der Waals surface area contributed by atoms with E-state index in [1.54, 1.807) is 37.4 Å². The van der Waals surface area contributed by atoms with Crippen LogP contribution in [0.2, 0.25) is 0 Å². The van der Waals surface area contributed by atoms with Gasteiger partial charge in [-0.25, -0.2) is 4.79 Å². The number of carbonyl (C=O) groups excluding carboxylic acids is 2. The van der Waals surface area contributed by atoms with Crippen molar-refractivity contribution < 1.29 is 24.0 Å². The molecule has 0 saturated heterocycles. The van der Waals surface area contributed by atoms with E-state index in [-0.39, 0.29) is 18.5 Å². The first kappa shape index (κ1) is 19.9. The Bertz CT molecular complexity index is 819. The SMILES string of the molecule is COC(=O)[C@@H](Cc1ccc(OC)cc1)NC(=O)Cc1cccc([N+](=O)[O-])c1. The Kier molecular flexibility index (Phi) is 6.87. The normalized spacial score (nSPS) is 11.3. The van der Waals surface area contributed by atoms with Crippen LogP contribution < -0.4 is 10.1 Å². The largest absolute Gasteiger partial charge is 0.497 e. The van der Waals surface area contributed by atoms with Gasteiger partial charge in [-0.05, 0) is 23.3 Å². The molecule has 0 heterocycles. The van der Waals surface area contributed by atoms with Gasteiger partial charge >= 0.3 is 5.97 Å². The van der Waals surface area contributed by atoms with E-state index < -0.39 is 22.8 Å². The van der Waals surface area contributed by atoms with E-state index >= 15 is 0 Å². The Morgan fingerprint density at radius 2 is 1.81 bits per heavy atom. The van der Waals surface area contributed by atoms with Crippen LogP contribution in [0, 0.1) is 10.1 Å². The van der Waals surface area contributed by atoms with E-state index in [0.717, 1.165) is 5.56 Å². The minimum Gasteiger partial charge on any atom is -0.497 e. The van der Waals surface area contributed by atoms with Crippen LogP contribution in [-0.2, 0) is 27.2 Å². The number of nitrogens with zero attached hydrogens (tertiary/aromatic N) is 1. The molecule has 0 aliphatic heterocycles. The van der Waals surface area contributed by atoms with E-state index in [4.69, 9.17) is 9.47 Å². The highest BCUT2D eigenvalue weighted by molar-refractivity contribution is 5.85. The highest BCUT2D eigenvalue weighted by Crippen LogP contribution is 2.15. The second kappa shape index (κ2) is 9.33. The fourth-order valence-electron chi connectivity index (χ4n) is 2.54. The van der Waals surface area contributed by atoms with Crippen molar-refractivity contribution >= 4 is 17.6 Å². The molecule has 0 aliphatic carbocycles. The lowest BCUT2D eigenvalue weighted by atomic mass is 10.0. The molecule has 0 spiro atoms. The third-order valence-electron chi connectivity index (χ3n) is 3.91. The van der Waals surface area contributed by atoms with Gasteiger partial charge in [0, 0.05) is 18.6 Å². The van der Waals surface area contributed by atoms with Gasteiger partial charge in [-0.15, -0.1) is 0 Å². The van der Waals surface area contributed by atoms with Crippen LogP contribution in [0.5, 0.6) is 5.75 Å². The van der Waals surface area contributed by atoms with Crippen molar-refractivity contribution in [1.82, 2.24) is 5.32 Å². The van der Waals surface area contributed by atoms with Crippen LogP contribution in [0.15, 0.2) is 48.5 Å². The molecule has 2 aromatic carbocycles. The number of benzene rings is 2. The van der Waals surface area contributed by atoms with Crippen LogP contribution in [0.4, 0.5) is 5.69 Å². The van der Waals surface area contributed by atoms with Crippen LogP contribution in [0.25, 0.3) is 0 Å². The maximum atomic E-state index is 12.3. The summed E-state index contributed by atoms with van der Waals surface area (Å²) in [4.78, 5) is 34.6. The second-order valence-electron chi connectivity index (χ2n) is 5.80. The van der Waals surface area contributed by atoms with Gasteiger partial charge in [0.15, 0.2) is 0 Å². The summed E-state index contributed by atoms with van der Waals surface area (Å²) >= 11 is 0. The van der Waals surface area contributed by atoms with Crippen molar-refractivity contribution in [2.75, 3.05) is 14.2 Å². The van der Waals surface area contributed by atoms with Gasteiger partial charge < -0.3 is 14.8 Å². The Morgan fingerprint density at radius 1 is 1.11 bits per heavy atom. The van der Waals surface area contributed by atoms with Crippen molar-refractivity contribution in [3.63, 3.8) is 0 Å². The summed E-state index contributed by atoms with van der Waals surface area (Å²) in [6, 6.07) is 12.0. The molecule has 0 bridgehead atoms. The predicted molar refractivity (Wildman–Crippen MR) is 97.4 cm³/mol. The first-order valence-electron chi connectivity index (χ1n) is 8.16. The molecular weight excluding hydrogens is 352 g/mol. The van der Waals surface area contributed by atoms with Crippen LogP contribution in [0.3, 0.4) is 0 Å². The zero-order valence-electron chi connectivity index (χ0n) is 15.0. The van der Waals surface area contributed by atoms with E-state index in [1.807, 2.05) is 0 Å². The minimum atomic E-state index is -0.866. The summed E-state index contributed by atoms with van der Waals surface area (Å²) in [5.74, 6) is -0.319. The Hall–Kier alpha value is -3.42. The smallest absolute Gasteiger partial charge is 0.328 e. The number of non-ortho nitro benzene ring substituents is 1. The molecule has 0 unspecified atom stereocenters. The molecule has 142 valence electrons. The molecule has 2 aromatic rings. The van der Waals surface area contributed by atoms with Crippen molar-refractivity contribution in [2.24, 2.45) is 0 Å². The quantitative estimate of drug-likeness (QED) is 0.432. The molecule has 1 N–H and O–H groups in total. The fourth-order valence-corrected chi connectivity index (χ4v) is 2.54. The number of hydrogen-bond acceptors (Lipinski definition) is 6. The predicted octanol–water partition coefficient (Wildman–Crippen LogP) is 2.05. The van der Waals surface area contributed by atoms with Gasteiger partial charge in [-0.2, -0.15) is 0 Å². The zero-order valence-corrected chi connectivity index (χ0v) is 15.0. The number of esters is 1. The van der Waals surface area contributed by atoms with Crippen LogP contribution in [0.1, 0.15) is 11.1 Å². The van der Waals surface area contributed by atoms with Gasteiger partial charge in [0.25, 0.3) is 5.69 Å². The molecule has 27 heavy (non-hydrogen) atoms. The summed E-state index contributed by atoms with van der Waals surface area (Å²) in [5.41, 5.74) is 1.21. The number of nitro benzene ring substituents is 1. The molecule has 8 heteroatoms. The first-order valence-corrected chi connectivity index (χ1v) is 8.16. The number of carbonyl (C=O) groups is 2. The lowest BCUT2D eigenvalue weighted by Crippen LogP contribution is -2.43. The average molecular weight is 372 g/mol. The number of methoxy groups -OCH3 is 2. The molecule has 0 fully saturated rings. The molecule has 0 saturated carbocycles. The Morgan fingerprint density at radius 3 is 2.41 bits per heavy atom. The van der Waals surface area contributed by atoms with Gasteiger partial charge in [0.05, 0.1) is 25.6 Å². The molecule has 0 aliphatic rings. The molecule has 2 rings (SSSR count). The lowest BCUT2D eigenvalue weighted by Gasteiger charge is -2.17. The molecule has 0 radical (unpaired) electrons. The lowest BCUT2D eigenvalue weighted by molar-refractivity contribution is -0.384. The fraction of sp³-hybridized carbons (Fsp3) is 0.263. The van der Waals surface area contributed by atoms with Crippen LogP contribution in [-0.4, -0.2) is 37.1 Å². The van der Waals surface area contributed by atoms with Crippen molar-refractivity contribution in [2.45, 2.75) is 18.9 Å². The van der Waals surface area contributed by atoms with Gasteiger partial charge in [0.1, 0.15) is 11.8 Å². The van der Waals surface area contributed by atoms with E-state index in [1.165, 1.54) is 25.3 Å². The van der Waals surface area contributed by atoms with Gasteiger partial charge in [-0.3, -0.25) is 14.9 Å². The second-order valence-corrected chi connectivity index (χ2v) is 5.80. The Labute approximate surface area is 156 Å². The number of nitro groups is 1. The first-order chi connectivity index (χ1) is 12.9. The molecule has 1 amide bonds. The van der Waals surface area contributed by atoms with Gasteiger partial charge in [-0.1, -0.05) is 24.3 Å². The van der Waals surface area contributed by atoms with Crippen molar-refractivity contribution in [3.05, 3.63) is 69.8 Å². The zero-order chi connectivity index (χ0) is 19.8. The number of rotatable bonds is 8. The van der Waals surface area contributed by atoms with E-state index in [0.29, 0.717) is 11.3 Å². The summed E-state index contributed by atoms with van der Waals surface area (Å²) in [7, 11) is 2.80. The van der Waals surface area contributed by atoms with Gasteiger partial charge in [0.2, 0.25) is 5.91 Å². The number of ether oxygens (including phenoxy) is 2. The third kappa shape index (κ3) is 5.81. The third-order valence-corrected chi connectivity index (χ3v) is 3.91. The maximum absolute atomic E-state index is 12.3. The number of nitrogens with one attached hydrogen (secondary N) is 1. The molecule has 8 nitrogen and oxygen atoms in total. The standard InChI is InChI=1S/C19H20N2O6/c1-26-16-8-6-13(7-9-16)11-17(19(23)27-2)20-18(22)12-14-4-3-5-15(10-14)21(24)25/h3-10,17H,11-12H2,1-2H3,(H,20,22)/t17-/m1/s1. The minimum absolute atomic E-state index is 0.0855. The Balaban J connectivity index is 2.06. The molecule has 1 atom stereocenters. The summed E-state index contributed by atoms with van der Waals surface area (Å²) in [6.07, 6.45) is 0.162. The summed E-state index contributed by atoms with van der Waals surface area (Å²) in [5, 5.41) is 13.5. The molecule has 0 aromatic heterocycles. The van der Waals surface area contributed by atoms with E-state index in [2.05, 4.69) is 5.32 Å². The highest BCUT2D eigenvalue weighted by atomic mass is 16.6. The average Bonchev–Trinajstić information content (AvgIpc) is 2.67. The monoisotopic (exact) mass is 372 g/mol. The summed E-state index contributed by atoms with van der Waals surface area (Å²) < 4.78 is 9.85. The summed E-state index contributed by atoms with van der Waals surface area (Å²) in [6.45, 7) is 0. The highest BCUT2D eigenvalue weighted by Gasteiger charge is 2.22. The number of hydrogen-bond donors (Lipinski definition) is 1. The van der Waals surface area contributed by atoms with E-state index in [9.17, 15) is 19.7 Å². The number of amides is 1. The molecular formula is C19H20N2O6. The maximum Gasteiger partial charge on any atom is 0.328 e. The topological polar surface area (TPSA) is 108 Å². The van der Waals surface area contributed by atoms with Crippen molar-refractivity contribution in [1.29, 1.82) is 0 Å².